The van der Waals surface area contributed by atoms with Crippen molar-refractivity contribution < 1.29 is 14.2 Å². The lowest BCUT2D eigenvalue weighted by Crippen LogP contribution is -2.12. The van der Waals surface area contributed by atoms with Gasteiger partial charge in [0.05, 0.1) is 36.3 Å². The van der Waals surface area contributed by atoms with Gasteiger partial charge in [-0.05, 0) is 29.8 Å². The Kier molecular flexibility index (Phi) is 7.02. The van der Waals surface area contributed by atoms with Crippen LogP contribution >= 0.6 is 34.5 Å². The number of halogens is 2. The Balaban J connectivity index is 1.72. The Hall–Kier alpha value is -1.99. The summed E-state index contributed by atoms with van der Waals surface area (Å²) in [5.74, 6) is 1.81. The molecule has 3 aromatic rings. The third-order valence-corrected chi connectivity index (χ3v) is 5.88. The minimum atomic E-state index is 0.554. The Morgan fingerprint density at radius 3 is 2.39 bits per heavy atom. The highest BCUT2D eigenvalue weighted by Crippen LogP contribution is 2.45. The molecule has 0 aliphatic heterocycles. The Bertz CT molecular complexity index is 963. The second-order valence-corrected chi connectivity index (χ2v) is 7.78. The van der Waals surface area contributed by atoms with Crippen LogP contribution in [0.25, 0.3) is 10.4 Å². The van der Waals surface area contributed by atoms with Crippen molar-refractivity contribution in [1.82, 2.24) is 10.3 Å². The summed E-state index contributed by atoms with van der Waals surface area (Å²) in [7, 11) is 4.80. The molecule has 0 saturated carbocycles. The zero-order valence-electron chi connectivity index (χ0n) is 15.7. The van der Waals surface area contributed by atoms with E-state index in [0.29, 0.717) is 40.4 Å². The number of hydrogen-bond donors (Lipinski definition) is 1. The van der Waals surface area contributed by atoms with Gasteiger partial charge in [-0.15, -0.1) is 11.3 Å². The molecule has 0 saturated heterocycles. The van der Waals surface area contributed by atoms with E-state index in [0.717, 1.165) is 21.0 Å². The third kappa shape index (κ3) is 4.52. The molecule has 0 aliphatic rings. The summed E-state index contributed by atoms with van der Waals surface area (Å²) in [6.07, 6.45) is 1.84. The summed E-state index contributed by atoms with van der Waals surface area (Å²) in [4.78, 5) is 5.50. The van der Waals surface area contributed by atoms with Gasteiger partial charge in [-0.1, -0.05) is 29.3 Å². The maximum absolute atomic E-state index is 6.05. The molecule has 148 valence electrons. The molecule has 3 rings (SSSR count). The first-order valence-corrected chi connectivity index (χ1v) is 10.0. The van der Waals surface area contributed by atoms with Crippen LogP contribution in [-0.2, 0) is 13.1 Å². The van der Waals surface area contributed by atoms with E-state index in [4.69, 9.17) is 37.4 Å². The molecule has 5 nitrogen and oxygen atoms in total. The van der Waals surface area contributed by atoms with E-state index in [1.807, 2.05) is 30.5 Å². The van der Waals surface area contributed by atoms with E-state index >= 15 is 0 Å². The van der Waals surface area contributed by atoms with Crippen molar-refractivity contribution in [3.8, 4) is 27.7 Å². The van der Waals surface area contributed by atoms with Gasteiger partial charge in [0.15, 0.2) is 11.5 Å². The van der Waals surface area contributed by atoms with Gasteiger partial charge in [-0.2, -0.15) is 0 Å². The van der Waals surface area contributed by atoms with Gasteiger partial charge in [-0.25, -0.2) is 4.98 Å². The first kappa shape index (κ1) is 20.7. The van der Waals surface area contributed by atoms with Crippen molar-refractivity contribution in [3.63, 3.8) is 0 Å². The SMILES string of the molecule is COc1ccc(-c2cnc(CNCc3ccc(Cl)c(Cl)c3)s2)c(OC)c1OC. The smallest absolute Gasteiger partial charge is 0.203 e. The summed E-state index contributed by atoms with van der Waals surface area (Å²) in [5, 5.41) is 5.44. The molecule has 2 aromatic carbocycles. The molecule has 0 aliphatic carbocycles. The number of nitrogens with one attached hydrogen (secondary N) is 1. The molecule has 0 spiro atoms. The van der Waals surface area contributed by atoms with Crippen LogP contribution in [0, 0.1) is 0 Å². The molecule has 0 atom stereocenters. The van der Waals surface area contributed by atoms with Crippen LogP contribution in [0.3, 0.4) is 0 Å². The van der Waals surface area contributed by atoms with Gasteiger partial charge in [0.2, 0.25) is 5.75 Å². The number of methoxy groups -OCH3 is 3. The number of nitrogens with zero attached hydrogens (tertiary/aromatic N) is 1. The van der Waals surface area contributed by atoms with Crippen molar-refractivity contribution in [2.24, 2.45) is 0 Å². The van der Waals surface area contributed by atoms with Crippen LogP contribution < -0.4 is 19.5 Å². The quantitative estimate of drug-likeness (QED) is 0.507. The molecular formula is C20H20Cl2N2O3S. The summed E-state index contributed by atoms with van der Waals surface area (Å²) in [5.41, 5.74) is 1.97. The lowest BCUT2D eigenvalue weighted by atomic mass is 10.1. The lowest BCUT2D eigenvalue weighted by molar-refractivity contribution is 0.325. The van der Waals surface area contributed by atoms with E-state index in [1.165, 1.54) is 0 Å². The molecular weight excluding hydrogens is 419 g/mol. The van der Waals surface area contributed by atoms with Crippen LogP contribution in [0.2, 0.25) is 10.0 Å². The van der Waals surface area contributed by atoms with Gasteiger partial charge in [0, 0.05) is 24.8 Å². The lowest BCUT2D eigenvalue weighted by Gasteiger charge is -2.14. The second kappa shape index (κ2) is 9.47. The topological polar surface area (TPSA) is 52.6 Å². The summed E-state index contributed by atoms with van der Waals surface area (Å²) in [6, 6.07) is 9.41. The summed E-state index contributed by atoms with van der Waals surface area (Å²) >= 11 is 13.6. The van der Waals surface area contributed by atoms with E-state index in [9.17, 15) is 0 Å². The van der Waals surface area contributed by atoms with Gasteiger partial charge >= 0.3 is 0 Å². The fourth-order valence-corrected chi connectivity index (χ4v) is 4.01. The zero-order chi connectivity index (χ0) is 20.1. The maximum atomic E-state index is 6.05. The Morgan fingerprint density at radius 1 is 0.929 bits per heavy atom. The number of aromatic nitrogens is 1. The summed E-state index contributed by atoms with van der Waals surface area (Å²) in [6.45, 7) is 1.31. The van der Waals surface area contributed by atoms with Crippen molar-refractivity contribution >= 4 is 34.5 Å². The molecule has 1 N–H and O–H groups in total. The normalized spacial score (nSPS) is 10.8. The maximum Gasteiger partial charge on any atom is 0.203 e. The zero-order valence-corrected chi connectivity index (χ0v) is 18.0. The molecule has 0 radical (unpaired) electrons. The van der Waals surface area contributed by atoms with E-state index in [2.05, 4.69) is 10.3 Å². The minimum Gasteiger partial charge on any atom is -0.493 e. The van der Waals surface area contributed by atoms with Gasteiger partial charge in [0.25, 0.3) is 0 Å². The molecule has 1 aromatic heterocycles. The van der Waals surface area contributed by atoms with Crippen molar-refractivity contribution in [2.45, 2.75) is 13.1 Å². The van der Waals surface area contributed by atoms with Crippen LogP contribution in [0.15, 0.2) is 36.5 Å². The number of benzene rings is 2. The highest BCUT2D eigenvalue weighted by Gasteiger charge is 2.18. The van der Waals surface area contributed by atoms with Crippen molar-refractivity contribution in [1.29, 1.82) is 0 Å². The van der Waals surface area contributed by atoms with Gasteiger partial charge < -0.3 is 19.5 Å². The molecule has 0 bridgehead atoms. The average Bonchev–Trinajstić information content (AvgIpc) is 3.18. The van der Waals surface area contributed by atoms with Crippen LogP contribution in [-0.4, -0.2) is 26.3 Å². The van der Waals surface area contributed by atoms with Crippen LogP contribution in [0.5, 0.6) is 17.2 Å². The predicted molar refractivity (Wildman–Crippen MR) is 114 cm³/mol. The highest BCUT2D eigenvalue weighted by molar-refractivity contribution is 7.15. The molecule has 8 heteroatoms. The first-order valence-electron chi connectivity index (χ1n) is 8.46. The van der Waals surface area contributed by atoms with Crippen molar-refractivity contribution in [2.75, 3.05) is 21.3 Å². The van der Waals surface area contributed by atoms with Gasteiger partial charge in [0.1, 0.15) is 5.01 Å². The third-order valence-electron chi connectivity index (χ3n) is 4.11. The standard InChI is InChI=1S/C20H20Cl2N2O3S/c1-25-16-7-5-13(19(26-2)20(16)27-3)17-10-24-18(28-17)11-23-9-12-4-6-14(21)15(22)8-12/h4-8,10,23H,9,11H2,1-3H3. The Morgan fingerprint density at radius 2 is 1.71 bits per heavy atom. The number of rotatable bonds is 8. The van der Waals surface area contributed by atoms with E-state index in [-0.39, 0.29) is 0 Å². The highest BCUT2D eigenvalue weighted by atomic mass is 35.5. The van der Waals surface area contributed by atoms with Crippen LogP contribution in [0.4, 0.5) is 0 Å². The second-order valence-electron chi connectivity index (χ2n) is 5.85. The number of ether oxygens (including phenoxy) is 3. The fourth-order valence-electron chi connectivity index (χ4n) is 2.78. The molecule has 0 amide bonds. The minimum absolute atomic E-state index is 0.554. The molecule has 28 heavy (non-hydrogen) atoms. The monoisotopic (exact) mass is 438 g/mol. The molecule has 0 unspecified atom stereocenters. The van der Waals surface area contributed by atoms with Crippen LogP contribution in [0.1, 0.15) is 10.6 Å². The fraction of sp³-hybridized carbons (Fsp3) is 0.250. The first-order chi connectivity index (χ1) is 13.6. The number of hydrogen-bond acceptors (Lipinski definition) is 6. The van der Waals surface area contributed by atoms with Gasteiger partial charge in [-0.3, -0.25) is 0 Å². The molecule has 0 fully saturated rings. The van der Waals surface area contributed by atoms with E-state index < -0.39 is 0 Å². The van der Waals surface area contributed by atoms with E-state index in [1.54, 1.807) is 38.7 Å². The average molecular weight is 439 g/mol. The summed E-state index contributed by atoms with van der Waals surface area (Å²) < 4.78 is 16.4. The Labute approximate surface area is 178 Å². The van der Waals surface area contributed by atoms with Crippen molar-refractivity contribution in [3.05, 3.63) is 57.1 Å². The predicted octanol–water partition coefficient (Wildman–Crippen LogP) is 5.43. The molecule has 1 heterocycles. The number of thiazole rings is 1. The largest absolute Gasteiger partial charge is 0.493 e.